The Morgan fingerprint density at radius 3 is 2.74 bits per heavy atom. The maximum Gasteiger partial charge on any atom is 0.254 e. The molecule has 5 nitrogen and oxygen atoms in total. The Morgan fingerprint density at radius 2 is 2.04 bits per heavy atom. The van der Waals surface area contributed by atoms with Gasteiger partial charge in [-0.1, -0.05) is 11.6 Å². The van der Waals surface area contributed by atoms with Gasteiger partial charge in [-0.15, -0.1) is 0 Å². The van der Waals surface area contributed by atoms with Crippen molar-refractivity contribution in [2.24, 2.45) is 7.05 Å². The van der Waals surface area contributed by atoms with E-state index in [1.165, 1.54) is 0 Å². The molecule has 0 fully saturated rings. The number of fused-ring (bicyclic) bond motifs is 1. The van der Waals surface area contributed by atoms with Gasteiger partial charge in [0.1, 0.15) is 0 Å². The first-order valence-electron chi connectivity index (χ1n) is 7.55. The van der Waals surface area contributed by atoms with Crippen LogP contribution >= 0.6 is 0 Å². The number of rotatable bonds is 3. The zero-order valence-corrected chi connectivity index (χ0v) is 13.9. The minimum absolute atomic E-state index is 0.00467. The van der Waals surface area contributed by atoms with E-state index in [2.05, 4.69) is 10.1 Å². The standard InChI is InChI=1S/C18H20N4O/c1-12-5-6-17-15(7-12)16(8-13(2)20-17)18(23)21(3)10-14-9-19-22(4)11-14/h5-9,11H,10H2,1-4H3. The lowest BCUT2D eigenvalue weighted by atomic mass is 10.0. The molecule has 0 aliphatic heterocycles. The highest BCUT2D eigenvalue weighted by molar-refractivity contribution is 6.06. The van der Waals surface area contributed by atoms with Crippen LogP contribution in [0, 0.1) is 13.8 Å². The van der Waals surface area contributed by atoms with E-state index in [1.54, 1.807) is 15.8 Å². The number of benzene rings is 1. The van der Waals surface area contributed by atoms with Gasteiger partial charge in [-0.2, -0.15) is 5.10 Å². The largest absolute Gasteiger partial charge is 0.337 e. The molecule has 2 aromatic heterocycles. The van der Waals surface area contributed by atoms with Gasteiger partial charge in [0, 0.05) is 43.5 Å². The van der Waals surface area contributed by atoms with Crippen LogP contribution in [-0.4, -0.2) is 32.6 Å². The SMILES string of the molecule is Cc1ccc2nc(C)cc(C(=O)N(C)Cc3cnn(C)c3)c2c1. The fourth-order valence-corrected chi connectivity index (χ4v) is 2.75. The molecule has 0 radical (unpaired) electrons. The number of hydrogen-bond acceptors (Lipinski definition) is 3. The molecule has 0 bridgehead atoms. The van der Waals surface area contributed by atoms with Crippen molar-refractivity contribution in [3.8, 4) is 0 Å². The van der Waals surface area contributed by atoms with E-state index in [0.717, 1.165) is 27.7 Å². The molecule has 0 aliphatic rings. The molecule has 0 unspecified atom stereocenters. The summed E-state index contributed by atoms with van der Waals surface area (Å²) >= 11 is 0. The van der Waals surface area contributed by atoms with Crippen LogP contribution in [-0.2, 0) is 13.6 Å². The molecule has 2 heterocycles. The number of hydrogen-bond donors (Lipinski definition) is 0. The van der Waals surface area contributed by atoms with E-state index >= 15 is 0 Å². The Labute approximate surface area is 135 Å². The molecule has 3 aromatic rings. The van der Waals surface area contributed by atoms with Gasteiger partial charge in [0.25, 0.3) is 5.91 Å². The predicted molar refractivity (Wildman–Crippen MR) is 90.2 cm³/mol. The van der Waals surface area contributed by atoms with Crippen LogP contribution in [0.4, 0.5) is 0 Å². The highest BCUT2D eigenvalue weighted by Crippen LogP contribution is 2.21. The number of amides is 1. The smallest absolute Gasteiger partial charge is 0.254 e. The summed E-state index contributed by atoms with van der Waals surface area (Å²) in [6.07, 6.45) is 3.70. The second-order valence-corrected chi connectivity index (χ2v) is 6.02. The number of pyridine rings is 1. The topological polar surface area (TPSA) is 51.0 Å². The molecule has 0 spiro atoms. The van der Waals surface area contributed by atoms with Crippen LogP contribution in [0.2, 0.25) is 0 Å². The summed E-state index contributed by atoms with van der Waals surface area (Å²) in [5, 5.41) is 5.05. The van der Waals surface area contributed by atoms with Crippen molar-refractivity contribution in [2.45, 2.75) is 20.4 Å². The van der Waals surface area contributed by atoms with Crippen LogP contribution in [0.15, 0.2) is 36.7 Å². The maximum atomic E-state index is 12.9. The molecule has 0 atom stereocenters. The summed E-state index contributed by atoms with van der Waals surface area (Å²) < 4.78 is 1.74. The molecular weight excluding hydrogens is 288 g/mol. The van der Waals surface area contributed by atoms with Crippen LogP contribution < -0.4 is 0 Å². The van der Waals surface area contributed by atoms with E-state index < -0.39 is 0 Å². The lowest BCUT2D eigenvalue weighted by Crippen LogP contribution is -2.26. The Kier molecular flexibility index (Phi) is 3.86. The lowest BCUT2D eigenvalue weighted by molar-refractivity contribution is 0.0787. The second-order valence-electron chi connectivity index (χ2n) is 6.02. The van der Waals surface area contributed by atoms with Gasteiger partial charge in [-0.05, 0) is 32.0 Å². The van der Waals surface area contributed by atoms with Crippen molar-refractivity contribution in [1.29, 1.82) is 0 Å². The highest BCUT2D eigenvalue weighted by atomic mass is 16.2. The molecule has 0 saturated carbocycles. The zero-order chi connectivity index (χ0) is 16.6. The van der Waals surface area contributed by atoms with Crippen molar-refractivity contribution in [1.82, 2.24) is 19.7 Å². The van der Waals surface area contributed by atoms with Crippen LogP contribution in [0.1, 0.15) is 27.2 Å². The number of carbonyl (C=O) groups is 1. The number of aromatic nitrogens is 3. The second kappa shape index (κ2) is 5.83. The van der Waals surface area contributed by atoms with Crippen LogP contribution in [0.3, 0.4) is 0 Å². The summed E-state index contributed by atoms with van der Waals surface area (Å²) in [7, 11) is 3.68. The molecule has 0 aliphatic carbocycles. The van der Waals surface area contributed by atoms with Crippen LogP contribution in [0.25, 0.3) is 10.9 Å². The predicted octanol–water partition coefficient (Wildman–Crippen LogP) is 2.86. The fourth-order valence-electron chi connectivity index (χ4n) is 2.75. The third-order valence-electron chi connectivity index (χ3n) is 3.85. The molecule has 118 valence electrons. The Bertz CT molecular complexity index is 882. The van der Waals surface area contributed by atoms with E-state index in [1.807, 2.05) is 58.4 Å². The molecule has 1 amide bonds. The van der Waals surface area contributed by atoms with Gasteiger partial charge >= 0.3 is 0 Å². The van der Waals surface area contributed by atoms with Gasteiger partial charge in [0.15, 0.2) is 0 Å². The quantitative estimate of drug-likeness (QED) is 0.747. The van der Waals surface area contributed by atoms with Gasteiger partial charge < -0.3 is 4.90 Å². The molecular formula is C18H20N4O. The van der Waals surface area contributed by atoms with Gasteiger partial charge in [-0.25, -0.2) is 0 Å². The van der Waals surface area contributed by atoms with E-state index in [9.17, 15) is 4.79 Å². The Hall–Kier alpha value is -2.69. The molecule has 5 heteroatoms. The zero-order valence-electron chi connectivity index (χ0n) is 13.9. The third kappa shape index (κ3) is 3.08. The van der Waals surface area contributed by atoms with E-state index in [0.29, 0.717) is 12.1 Å². The Morgan fingerprint density at radius 1 is 1.26 bits per heavy atom. The first-order valence-corrected chi connectivity index (χ1v) is 7.55. The molecule has 0 saturated heterocycles. The van der Waals surface area contributed by atoms with Crippen molar-refractivity contribution in [2.75, 3.05) is 7.05 Å². The third-order valence-corrected chi connectivity index (χ3v) is 3.85. The summed E-state index contributed by atoms with van der Waals surface area (Å²) in [6, 6.07) is 7.87. The monoisotopic (exact) mass is 308 g/mol. The molecule has 3 rings (SSSR count). The fraction of sp³-hybridized carbons (Fsp3) is 0.278. The van der Waals surface area contributed by atoms with Crippen molar-refractivity contribution in [3.05, 3.63) is 59.0 Å². The summed E-state index contributed by atoms with van der Waals surface area (Å²) in [6.45, 7) is 4.46. The summed E-state index contributed by atoms with van der Waals surface area (Å²) in [4.78, 5) is 19.1. The van der Waals surface area contributed by atoms with Gasteiger partial charge in [-0.3, -0.25) is 14.5 Å². The first kappa shape index (κ1) is 15.2. The maximum absolute atomic E-state index is 12.9. The first-order chi connectivity index (χ1) is 10.9. The van der Waals surface area contributed by atoms with Crippen molar-refractivity contribution < 1.29 is 4.79 Å². The van der Waals surface area contributed by atoms with Crippen molar-refractivity contribution in [3.63, 3.8) is 0 Å². The minimum Gasteiger partial charge on any atom is -0.337 e. The van der Waals surface area contributed by atoms with Gasteiger partial charge in [0.2, 0.25) is 0 Å². The molecule has 23 heavy (non-hydrogen) atoms. The highest BCUT2D eigenvalue weighted by Gasteiger charge is 2.17. The minimum atomic E-state index is -0.00467. The average Bonchev–Trinajstić information content (AvgIpc) is 2.91. The van der Waals surface area contributed by atoms with E-state index in [4.69, 9.17) is 0 Å². The number of aryl methyl sites for hydroxylation is 3. The Balaban J connectivity index is 1.98. The molecule has 0 N–H and O–H groups in total. The number of carbonyl (C=O) groups excluding carboxylic acids is 1. The van der Waals surface area contributed by atoms with E-state index in [-0.39, 0.29) is 5.91 Å². The number of nitrogens with zero attached hydrogens (tertiary/aromatic N) is 4. The normalized spacial score (nSPS) is 11.0. The molecule has 1 aromatic carbocycles. The van der Waals surface area contributed by atoms with Crippen LogP contribution in [0.5, 0.6) is 0 Å². The van der Waals surface area contributed by atoms with Crippen molar-refractivity contribution >= 4 is 16.8 Å². The lowest BCUT2D eigenvalue weighted by Gasteiger charge is -2.18. The van der Waals surface area contributed by atoms with Gasteiger partial charge in [0.05, 0.1) is 17.3 Å². The summed E-state index contributed by atoms with van der Waals surface area (Å²) in [5.74, 6) is -0.00467. The average molecular weight is 308 g/mol. The summed E-state index contributed by atoms with van der Waals surface area (Å²) in [5.41, 5.74) is 4.53.